The van der Waals surface area contributed by atoms with Gasteiger partial charge in [-0.15, -0.1) is 0 Å². The summed E-state index contributed by atoms with van der Waals surface area (Å²) in [7, 11) is 1.78. The molecule has 3 nitrogen and oxygen atoms in total. The van der Waals surface area contributed by atoms with Crippen molar-refractivity contribution in [2.24, 2.45) is 17.6 Å². The molecule has 0 aromatic rings. The maximum Gasteiger partial charge on any atom is 0.0615 e. The number of hydrogen-bond acceptors (Lipinski definition) is 3. The third kappa shape index (κ3) is 6.39. The van der Waals surface area contributed by atoms with Gasteiger partial charge in [0.15, 0.2) is 0 Å². The molecule has 1 aliphatic rings. The maximum atomic E-state index is 5.56. The number of nitrogens with one attached hydrogen (secondary N) is 1. The Morgan fingerprint density at radius 2 is 2.00 bits per heavy atom. The zero-order valence-electron chi connectivity index (χ0n) is 11.6. The van der Waals surface area contributed by atoms with E-state index in [1.807, 2.05) is 0 Å². The van der Waals surface area contributed by atoms with Gasteiger partial charge in [0, 0.05) is 13.2 Å². The Labute approximate surface area is 106 Å². The summed E-state index contributed by atoms with van der Waals surface area (Å²) >= 11 is 0. The maximum absolute atomic E-state index is 5.56. The SMILES string of the molecule is COCC(CCCN)NCC1CCC(C)CC1. The molecular weight excluding hydrogens is 212 g/mol. The van der Waals surface area contributed by atoms with E-state index in [-0.39, 0.29) is 0 Å². The number of hydrogen-bond donors (Lipinski definition) is 2. The first-order valence-corrected chi connectivity index (χ1v) is 7.18. The number of rotatable bonds is 8. The Morgan fingerprint density at radius 3 is 2.59 bits per heavy atom. The molecule has 0 radical (unpaired) electrons. The van der Waals surface area contributed by atoms with Crippen LogP contribution >= 0.6 is 0 Å². The van der Waals surface area contributed by atoms with Crippen LogP contribution in [0, 0.1) is 11.8 Å². The molecule has 0 saturated heterocycles. The third-order valence-corrected chi connectivity index (χ3v) is 3.96. The fourth-order valence-electron chi connectivity index (χ4n) is 2.68. The Hall–Kier alpha value is -0.120. The summed E-state index contributed by atoms with van der Waals surface area (Å²) < 4.78 is 5.25. The van der Waals surface area contributed by atoms with Crippen molar-refractivity contribution in [2.45, 2.75) is 51.5 Å². The summed E-state index contributed by atoms with van der Waals surface area (Å²) in [6, 6.07) is 0.489. The van der Waals surface area contributed by atoms with E-state index in [1.165, 1.54) is 25.7 Å². The van der Waals surface area contributed by atoms with Crippen LogP contribution in [0.2, 0.25) is 0 Å². The Kier molecular flexibility index (Phi) is 7.82. The molecule has 1 aliphatic carbocycles. The highest BCUT2D eigenvalue weighted by molar-refractivity contribution is 4.74. The van der Waals surface area contributed by atoms with Crippen molar-refractivity contribution < 1.29 is 4.74 Å². The fourth-order valence-corrected chi connectivity index (χ4v) is 2.68. The molecule has 0 amide bonds. The largest absolute Gasteiger partial charge is 0.383 e. The molecule has 17 heavy (non-hydrogen) atoms. The van der Waals surface area contributed by atoms with Crippen LogP contribution in [0.5, 0.6) is 0 Å². The monoisotopic (exact) mass is 242 g/mol. The normalized spacial score (nSPS) is 27.0. The molecule has 3 heteroatoms. The topological polar surface area (TPSA) is 47.3 Å². The van der Waals surface area contributed by atoms with Crippen LogP contribution in [0.1, 0.15) is 45.4 Å². The molecule has 0 heterocycles. The van der Waals surface area contributed by atoms with Gasteiger partial charge in [0.1, 0.15) is 0 Å². The Bertz CT molecular complexity index is 179. The van der Waals surface area contributed by atoms with E-state index < -0.39 is 0 Å². The van der Waals surface area contributed by atoms with E-state index >= 15 is 0 Å². The molecule has 1 unspecified atom stereocenters. The zero-order valence-corrected chi connectivity index (χ0v) is 11.6. The standard InChI is InChI=1S/C14H30N2O/c1-12-5-7-13(8-6-12)10-16-14(11-17-2)4-3-9-15/h12-14,16H,3-11,15H2,1-2H3. The molecule has 3 N–H and O–H groups in total. The van der Waals surface area contributed by atoms with Gasteiger partial charge in [0.25, 0.3) is 0 Å². The van der Waals surface area contributed by atoms with Crippen molar-refractivity contribution >= 4 is 0 Å². The second-order valence-corrected chi connectivity index (χ2v) is 5.62. The summed E-state index contributed by atoms with van der Waals surface area (Å²) in [6.45, 7) is 5.12. The van der Waals surface area contributed by atoms with Gasteiger partial charge >= 0.3 is 0 Å². The van der Waals surface area contributed by atoms with Crippen molar-refractivity contribution in [3.63, 3.8) is 0 Å². The number of methoxy groups -OCH3 is 1. The molecule has 0 spiro atoms. The summed E-state index contributed by atoms with van der Waals surface area (Å²) in [5, 5.41) is 3.66. The van der Waals surface area contributed by atoms with Gasteiger partial charge < -0.3 is 15.8 Å². The number of ether oxygens (including phenoxy) is 1. The van der Waals surface area contributed by atoms with Crippen LogP contribution in [-0.4, -0.2) is 32.8 Å². The van der Waals surface area contributed by atoms with Gasteiger partial charge in [-0.05, 0) is 50.6 Å². The predicted molar refractivity (Wildman–Crippen MR) is 73.1 cm³/mol. The average Bonchev–Trinajstić information content (AvgIpc) is 2.35. The highest BCUT2D eigenvalue weighted by Gasteiger charge is 2.19. The van der Waals surface area contributed by atoms with Gasteiger partial charge in [-0.2, -0.15) is 0 Å². The predicted octanol–water partition coefficient (Wildman–Crippen LogP) is 2.16. The Morgan fingerprint density at radius 1 is 1.29 bits per heavy atom. The fraction of sp³-hybridized carbons (Fsp3) is 1.00. The Balaban J connectivity index is 2.16. The lowest BCUT2D eigenvalue weighted by Gasteiger charge is -2.28. The van der Waals surface area contributed by atoms with Gasteiger partial charge in [0.2, 0.25) is 0 Å². The first kappa shape index (κ1) is 14.9. The minimum atomic E-state index is 0.489. The van der Waals surface area contributed by atoms with E-state index in [4.69, 9.17) is 10.5 Å². The molecule has 0 aliphatic heterocycles. The first-order chi connectivity index (χ1) is 8.26. The van der Waals surface area contributed by atoms with Crippen molar-refractivity contribution in [3.8, 4) is 0 Å². The molecular formula is C14H30N2O. The van der Waals surface area contributed by atoms with Crippen molar-refractivity contribution in [1.29, 1.82) is 0 Å². The zero-order chi connectivity index (χ0) is 12.5. The van der Waals surface area contributed by atoms with E-state index in [9.17, 15) is 0 Å². The van der Waals surface area contributed by atoms with Crippen molar-refractivity contribution in [1.82, 2.24) is 5.32 Å². The van der Waals surface area contributed by atoms with Gasteiger partial charge in [-0.25, -0.2) is 0 Å². The van der Waals surface area contributed by atoms with Crippen LogP contribution in [0.15, 0.2) is 0 Å². The molecule has 1 rings (SSSR count). The summed E-state index contributed by atoms with van der Waals surface area (Å²) in [5.41, 5.74) is 5.56. The van der Waals surface area contributed by atoms with E-state index in [0.29, 0.717) is 6.04 Å². The lowest BCUT2D eigenvalue weighted by atomic mass is 9.83. The summed E-state index contributed by atoms with van der Waals surface area (Å²) in [5.74, 6) is 1.82. The minimum Gasteiger partial charge on any atom is -0.383 e. The van der Waals surface area contributed by atoms with Crippen LogP contribution in [0.3, 0.4) is 0 Å². The molecule has 1 atom stereocenters. The second kappa shape index (κ2) is 8.90. The van der Waals surface area contributed by atoms with Gasteiger partial charge in [0.05, 0.1) is 6.61 Å². The van der Waals surface area contributed by atoms with E-state index in [0.717, 1.165) is 44.4 Å². The molecule has 0 aromatic heterocycles. The van der Waals surface area contributed by atoms with E-state index in [1.54, 1.807) is 7.11 Å². The lowest BCUT2D eigenvalue weighted by molar-refractivity contribution is 0.155. The van der Waals surface area contributed by atoms with Crippen LogP contribution in [0.4, 0.5) is 0 Å². The third-order valence-electron chi connectivity index (χ3n) is 3.96. The molecule has 0 aromatic carbocycles. The van der Waals surface area contributed by atoms with Crippen LogP contribution in [0.25, 0.3) is 0 Å². The number of nitrogens with two attached hydrogens (primary N) is 1. The van der Waals surface area contributed by atoms with Crippen molar-refractivity contribution in [2.75, 3.05) is 26.8 Å². The van der Waals surface area contributed by atoms with Crippen molar-refractivity contribution in [3.05, 3.63) is 0 Å². The first-order valence-electron chi connectivity index (χ1n) is 7.18. The molecule has 1 fully saturated rings. The molecule has 0 bridgehead atoms. The van der Waals surface area contributed by atoms with Crippen LogP contribution in [-0.2, 0) is 4.74 Å². The van der Waals surface area contributed by atoms with Crippen LogP contribution < -0.4 is 11.1 Å². The quantitative estimate of drug-likeness (QED) is 0.685. The summed E-state index contributed by atoms with van der Waals surface area (Å²) in [6.07, 6.45) is 7.82. The minimum absolute atomic E-state index is 0.489. The average molecular weight is 242 g/mol. The molecule has 1 saturated carbocycles. The van der Waals surface area contributed by atoms with Gasteiger partial charge in [-0.1, -0.05) is 19.8 Å². The smallest absolute Gasteiger partial charge is 0.0615 e. The summed E-state index contributed by atoms with van der Waals surface area (Å²) in [4.78, 5) is 0. The highest BCUT2D eigenvalue weighted by Crippen LogP contribution is 2.27. The second-order valence-electron chi connectivity index (χ2n) is 5.62. The lowest BCUT2D eigenvalue weighted by Crippen LogP contribution is -2.37. The van der Waals surface area contributed by atoms with E-state index in [2.05, 4.69) is 12.2 Å². The molecule has 102 valence electrons. The van der Waals surface area contributed by atoms with Gasteiger partial charge in [-0.3, -0.25) is 0 Å². The highest BCUT2D eigenvalue weighted by atomic mass is 16.5.